The SMILES string of the molecule is COc1cc(CNC(=O)CSCc2cccc(C)c2)ccc1OCC1CCCO1. The van der Waals surface area contributed by atoms with E-state index >= 15 is 0 Å². The first kappa shape index (κ1) is 21.5. The predicted molar refractivity (Wildman–Crippen MR) is 117 cm³/mol. The van der Waals surface area contributed by atoms with Crippen molar-refractivity contribution in [3.63, 3.8) is 0 Å². The van der Waals surface area contributed by atoms with Gasteiger partial charge in [0.05, 0.1) is 19.0 Å². The molecule has 1 aliphatic heterocycles. The number of nitrogens with one attached hydrogen (secondary N) is 1. The van der Waals surface area contributed by atoms with Gasteiger partial charge in [-0.2, -0.15) is 0 Å². The summed E-state index contributed by atoms with van der Waals surface area (Å²) in [5.41, 5.74) is 3.46. The quantitative estimate of drug-likeness (QED) is 0.633. The lowest BCUT2D eigenvalue weighted by Crippen LogP contribution is -2.24. The van der Waals surface area contributed by atoms with Crippen LogP contribution in [0.3, 0.4) is 0 Å². The number of hydrogen-bond acceptors (Lipinski definition) is 5. The Morgan fingerprint density at radius 3 is 2.86 bits per heavy atom. The second-order valence-electron chi connectivity index (χ2n) is 7.19. The average Bonchev–Trinajstić information content (AvgIpc) is 3.24. The van der Waals surface area contributed by atoms with E-state index in [1.807, 2.05) is 24.3 Å². The molecule has 1 N–H and O–H groups in total. The Morgan fingerprint density at radius 2 is 2.10 bits per heavy atom. The molecule has 1 unspecified atom stereocenters. The third kappa shape index (κ3) is 6.98. The van der Waals surface area contributed by atoms with Crippen molar-refractivity contribution in [3.8, 4) is 11.5 Å². The predicted octanol–water partition coefficient (Wildman–Crippen LogP) is 4.11. The van der Waals surface area contributed by atoms with Gasteiger partial charge in [0.15, 0.2) is 11.5 Å². The molecule has 1 heterocycles. The van der Waals surface area contributed by atoms with Gasteiger partial charge < -0.3 is 19.5 Å². The molecule has 29 heavy (non-hydrogen) atoms. The topological polar surface area (TPSA) is 56.8 Å². The summed E-state index contributed by atoms with van der Waals surface area (Å²) in [6.07, 6.45) is 2.29. The zero-order valence-electron chi connectivity index (χ0n) is 17.1. The van der Waals surface area contributed by atoms with Crippen LogP contribution in [0, 0.1) is 6.92 Å². The van der Waals surface area contributed by atoms with Crippen LogP contribution in [-0.4, -0.2) is 38.1 Å². The molecular formula is C23H29NO4S. The molecule has 1 aliphatic rings. The van der Waals surface area contributed by atoms with Crippen LogP contribution >= 0.6 is 11.8 Å². The minimum atomic E-state index is 0.0281. The highest BCUT2D eigenvalue weighted by Gasteiger charge is 2.17. The molecule has 0 aromatic heterocycles. The summed E-state index contributed by atoms with van der Waals surface area (Å²) in [5.74, 6) is 2.67. The van der Waals surface area contributed by atoms with Crippen molar-refractivity contribution in [2.75, 3.05) is 26.1 Å². The second kappa shape index (κ2) is 11.1. The van der Waals surface area contributed by atoms with E-state index < -0.39 is 0 Å². The first-order valence-corrected chi connectivity index (χ1v) is 11.1. The Balaban J connectivity index is 1.42. The van der Waals surface area contributed by atoms with Gasteiger partial charge in [-0.15, -0.1) is 11.8 Å². The molecule has 3 rings (SSSR count). The highest BCUT2D eigenvalue weighted by Crippen LogP contribution is 2.29. The van der Waals surface area contributed by atoms with Crippen LogP contribution in [-0.2, 0) is 21.8 Å². The molecule has 1 amide bonds. The smallest absolute Gasteiger partial charge is 0.230 e. The van der Waals surface area contributed by atoms with E-state index in [0.29, 0.717) is 30.4 Å². The highest BCUT2D eigenvalue weighted by atomic mass is 32.2. The van der Waals surface area contributed by atoms with E-state index in [-0.39, 0.29) is 12.0 Å². The number of benzene rings is 2. The van der Waals surface area contributed by atoms with Crippen molar-refractivity contribution < 1.29 is 19.0 Å². The van der Waals surface area contributed by atoms with Crippen molar-refractivity contribution in [1.29, 1.82) is 0 Å². The van der Waals surface area contributed by atoms with Gasteiger partial charge in [0, 0.05) is 18.9 Å². The maximum Gasteiger partial charge on any atom is 0.230 e. The molecule has 156 valence electrons. The van der Waals surface area contributed by atoms with E-state index in [4.69, 9.17) is 14.2 Å². The fraction of sp³-hybridized carbons (Fsp3) is 0.435. The lowest BCUT2D eigenvalue weighted by Gasteiger charge is -2.15. The number of rotatable bonds is 10. The monoisotopic (exact) mass is 415 g/mol. The van der Waals surface area contributed by atoms with Crippen LogP contribution in [0.1, 0.15) is 29.5 Å². The molecule has 0 spiro atoms. The van der Waals surface area contributed by atoms with E-state index in [0.717, 1.165) is 30.8 Å². The number of methoxy groups -OCH3 is 1. The van der Waals surface area contributed by atoms with E-state index in [2.05, 4.69) is 30.4 Å². The Labute approximate surface area is 177 Å². The van der Waals surface area contributed by atoms with Crippen LogP contribution in [0.15, 0.2) is 42.5 Å². The molecule has 5 nitrogen and oxygen atoms in total. The van der Waals surface area contributed by atoms with Crippen molar-refractivity contribution in [2.45, 2.75) is 38.2 Å². The lowest BCUT2D eigenvalue weighted by atomic mass is 10.2. The summed E-state index contributed by atoms with van der Waals surface area (Å²) in [6, 6.07) is 14.1. The van der Waals surface area contributed by atoms with Crippen molar-refractivity contribution >= 4 is 17.7 Å². The van der Waals surface area contributed by atoms with Gasteiger partial charge >= 0.3 is 0 Å². The van der Waals surface area contributed by atoms with Crippen molar-refractivity contribution in [1.82, 2.24) is 5.32 Å². The molecule has 0 aliphatic carbocycles. The third-order valence-corrected chi connectivity index (χ3v) is 5.75. The lowest BCUT2D eigenvalue weighted by molar-refractivity contribution is -0.118. The molecule has 0 bridgehead atoms. The van der Waals surface area contributed by atoms with Gasteiger partial charge in [-0.05, 0) is 43.0 Å². The zero-order chi connectivity index (χ0) is 20.5. The Kier molecular flexibility index (Phi) is 8.25. The summed E-state index contributed by atoms with van der Waals surface area (Å²) in [7, 11) is 1.62. The maximum absolute atomic E-state index is 12.1. The fourth-order valence-corrected chi connectivity index (χ4v) is 4.02. The summed E-state index contributed by atoms with van der Waals surface area (Å²) < 4.78 is 16.9. The minimum Gasteiger partial charge on any atom is -0.493 e. The molecule has 0 saturated carbocycles. The van der Waals surface area contributed by atoms with E-state index in [1.165, 1.54) is 11.1 Å². The Morgan fingerprint density at radius 1 is 1.21 bits per heavy atom. The zero-order valence-corrected chi connectivity index (χ0v) is 17.9. The molecule has 2 aromatic carbocycles. The first-order valence-electron chi connectivity index (χ1n) is 9.95. The molecule has 1 fully saturated rings. The number of ether oxygens (including phenoxy) is 3. The molecule has 0 radical (unpaired) electrons. The first-order chi connectivity index (χ1) is 14.1. The number of carbonyl (C=O) groups is 1. The number of aryl methyl sites for hydroxylation is 1. The molecule has 1 atom stereocenters. The molecule has 6 heteroatoms. The maximum atomic E-state index is 12.1. The van der Waals surface area contributed by atoms with Crippen LogP contribution in [0.5, 0.6) is 11.5 Å². The van der Waals surface area contributed by atoms with Crippen molar-refractivity contribution in [3.05, 3.63) is 59.2 Å². The summed E-state index contributed by atoms with van der Waals surface area (Å²) in [6.45, 7) is 3.89. The van der Waals surface area contributed by atoms with Crippen molar-refractivity contribution in [2.24, 2.45) is 0 Å². The second-order valence-corrected chi connectivity index (χ2v) is 8.18. The van der Waals surface area contributed by atoms with Gasteiger partial charge in [0.1, 0.15) is 6.61 Å². The van der Waals surface area contributed by atoms with E-state index in [1.54, 1.807) is 18.9 Å². The molecule has 2 aromatic rings. The number of amides is 1. The van der Waals surface area contributed by atoms with Gasteiger partial charge in [-0.1, -0.05) is 35.9 Å². The van der Waals surface area contributed by atoms with Gasteiger partial charge in [0.25, 0.3) is 0 Å². The molecule has 1 saturated heterocycles. The number of hydrogen-bond donors (Lipinski definition) is 1. The summed E-state index contributed by atoms with van der Waals surface area (Å²) >= 11 is 1.62. The average molecular weight is 416 g/mol. The normalized spacial score (nSPS) is 15.9. The van der Waals surface area contributed by atoms with Crippen LogP contribution < -0.4 is 14.8 Å². The Hall–Kier alpha value is -2.18. The summed E-state index contributed by atoms with van der Waals surface area (Å²) in [4.78, 5) is 12.1. The third-order valence-electron chi connectivity index (χ3n) is 4.75. The van der Waals surface area contributed by atoms with Gasteiger partial charge in [-0.25, -0.2) is 0 Å². The van der Waals surface area contributed by atoms with Gasteiger partial charge in [0.2, 0.25) is 5.91 Å². The summed E-state index contributed by atoms with van der Waals surface area (Å²) in [5, 5.41) is 2.97. The molecular weight excluding hydrogens is 386 g/mol. The number of carbonyl (C=O) groups excluding carboxylic acids is 1. The van der Waals surface area contributed by atoms with Crippen LogP contribution in [0.2, 0.25) is 0 Å². The highest BCUT2D eigenvalue weighted by molar-refractivity contribution is 7.99. The minimum absolute atomic E-state index is 0.0281. The van der Waals surface area contributed by atoms with Crippen LogP contribution in [0.25, 0.3) is 0 Å². The number of thioether (sulfide) groups is 1. The van der Waals surface area contributed by atoms with E-state index in [9.17, 15) is 4.79 Å². The standard InChI is InChI=1S/C23H29NO4S/c1-17-5-3-6-19(11-17)15-29-16-23(25)24-13-18-8-9-21(22(12-18)26-2)28-14-20-7-4-10-27-20/h3,5-6,8-9,11-12,20H,4,7,10,13-16H2,1-2H3,(H,24,25). The van der Waals surface area contributed by atoms with Crippen LogP contribution in [0.4, 0.5) is 0 Å². The Bertz CT molecular complexity index is 805. The largest absolute Gasteiger partial charge is 0.493 e. The fourth-order valence-electron chi connectivity index (χ4n) is 3.21. The van der Waals surface area contributed by atoms with Gasteiger partial charge in [-0.3, -0.25) is 4.79 Å².